The number of oxazole rings is 1. The van der Waals surface area contributed by atoms with Gasteiger partial charge in [-0.15, -0.1) is 11.3 Å². The number of hydrogen-bond donors (Lipinski definition) is 1. The third kappa shape index (κ3) is 2.95. The Labute approximate surface area is 119 Å². The molecule has 0 radical (unpaired) electrons. The van der Waals surface area contributed by atoms with Crippen LogP contribution >= 0.6 is 11.3 Å². The number of para-hydroxylation sites is 2. The molecule has 1 N–H and O–H groups in total. The zero-order valence-corrected chi connectivity index (χ0v) is 11.4. The predicted molar refractivity (Wildman–Crippen MR) is 79.2 cm³/mol. The maximum Gasteiger partial charge on any atom is 0.244 e. The van der Waals surface area contributed by atoms with Crippen molar-refractivity contribution in [3.05, 3.63) is 58.6 Å². The molecule has 0 saturated carbocycles. The van der Waals surface area contributed by atoms with Crippen LogP contribution < -0.4 is 5.32 Å². The molecule has 1 aromatic carbocycles. The molecule has 4 nitrogen and oxygen atoms in total. The van der Waals surface area contributed by atoms with Crippen molar-refractivity contribution in [2.24, 2.45) is 0 Å². The number of hydrogen-bond acceptors (Lipinski definition) is 4. The number of benzene rings is 1. The van der Waals surface area contributed by atoms with E-state index in [1.165, 1.54) is 6.08 Å². The highest BCUT2D eigenvalue weighted by Crippen LogP contribution is 2.15. The van der Waals surface area contributed by atoms with Gasteiger partial charge in [0.1, 0.15) is 5.52 Å². The molecule has 5 heteroatoms. The Kier molecular flexibility index (Phi) is 3.60. The van der Waals surface area contributed by atoms with E-state index < -0.39 is 0 Å². The van der Waals surface area contributed by atoms with Gasteiger partial charge in [-0.3, -0.25) is 4.79 Å². The third-order valence-corrected chi connectivity index (χ3v) is 3.58. The number of thiophene rings is 1. The lowest BCUT2D eigenvalue weighted by Crippen LogP contribution is -2.19. The second kappa shape index (κ2) is 5.71. The van der Waals surface area contributed by atoms with E-state index in [9.17, 15) is 4.79 Å². The molecule has 3 aromatic rings. The summed E-state index contributed by atoms with van der Waals surface area (Å²) in [6, 6.07) is 11.4. The van der Waals surface area contributed by atoms with Gasteiger partial charge in [-0.05, 0) is 23.6 Å². The Morgan fingerprint density at radius 2 is 2.20 bits per heavy atom. The van der Waals surface area contributed by atoms with Gasteiger partial charge in [0.25, 0.3) is 0 Å². The first-order chi connectivity index (χ1) is 9.81. The van der Waals surface area contributed by atoms with Crippen molar-refractivity contribution in [3.8, 4) is 0 Å². The average molecular weight is 284 g/mol. The van der Waals surface area contributed by atoms with Crippen LogP contribution in [0.1, 0.15) is 10.8 Å². The van der Waals surface area contributed by atoms with E-state index in [0.717, 1.165) is 10.4 Å². The number of carbonyl (C=O) groups excluding carboxylic acids is 1. The predicted octanol–water partition coefficient (Wildman–Crippen LogP) is 3.22. The minimum atomic E-state index is -0.166. The quantitative estimate of drug-likeness (QED) is 0.748. The number of fused-ring (bicyclic) bond motifs is 1. The smallest absolute Gasteiger partial charge is 0.244 e. The van der Waals surface area contributed by atoms with Gasteiger partial charge < -0.3 is 9.73 Å². The van der Waals surface area contributed by atoms with Crippen molar-refractivity contribution in [2.75, 3.05) is 0 Å². The Hall–Kier alpha value is -2.40. The fourth-order valence-electron chi connectivity index (χ4n) is 1.75. The van der Waals surface area contributed by atoms with E-state index in [1.54, 1.807) is 17.4 Å². The molecule has 20 heavy (non-hydrogen) atoms. The molecule has 2 aromatic heterocycles. The van der Waals surface area contributed by atoms with Gasteiger partial charge in [-0.2, -0.15) is 0 Å². The minimum Gasteiger partial charge on any atom is -0.437 e. The van der Waals surface area contributed by atoms with Crippen molar-refractivity contribution in [1.82, 2.24) is 10.3 Å². The van der Waals surface area contributed by atoms with E-state index >= 15 is 0 Å². The molecule has 3 rings (SSSR count). The Balaban J connectivity index is 1.62. The minimum absolute atomic E-state index is 0.166. The molecular weight excluding hydrogens is 272 g/mol. The Bertz CT molecular complexity index is 711. The molecule has 100 valence electrons. The van der Waals surface area contributed by atoms with Gasteiger partial charge in [0, 0.05) is 17.0 Å². The first kappa shape index (κ1) is 12.6. The van der Waals surface area contributed by atoms with Gasteiger partial charge in [-0.25, -0.2) is 4.98 Å². The first-order valence-electron chi connectivity index (χ1n) is 6.15. The van der Waals surface area contributed by atoms with Crippen molar-refractivity contribution in [2.45, 2.75) is 6.54 Å². The molecule has 0 aliphatic heterocycles. The molecule has 0 spiro atoms. The second-order valence-electron chi connectivity index (χ2n) is 4.15. The van der Waals surface area contributed by atoms with Crippen LogP contribution in [0.25, 0.3) is 17.2 Å². The van der Waals surface area contributed by atoms with Crippen molar-refractivity contribution >= 4 is 34.4 Å². The zero-order valence-electron chi connectivity index (χ0n) is 10.6. The van der Waals surface area contributed by atoms with Gasteiger partial charge >= 0.3 is 0 Å². The van der Waals surface area contributed by atoms with Gasteiger partial charge in [0.2, 0.25) is 11.8 Å². The van der Waals surface area contributed by atoms with E-state index in [4.69, 9.17) is 4.42 Å². The number of aromatic nitrogens is 1. The summed E-state index contributed by atoms with van der Waals surface area (Å²) in [5, 5.41) is 4.79. The fraction of sp³-hybridized carbons (Fsp3) is 0.0667. The second-order valence-corrected chi connectivity index (χ2v) is 5.18. The molecule has 0 fully saturated rings. The van der Waals surface area contributed by atoms with Crippen LogP contribution in [0, 0.1) is 0 Å². The van der Waals surface area contributed by atoms with Crippen molar-refractivity contribution in [3.63, 3.8) is 0 Å². The fourth-order valence-corrected chi connectivity index (χ4v) is 2.40. The van der Waals surface area contributed by atoms with Crippen LogP contribution in [0.4, 0.5) is 0 Å². The summed E-state index contributed by atoms with van der Waals surface area (Å²) in [6.07, 6.45) is 3.00. The summed E-state index contributed by atoms with van der Waals surface area (Å²) in [7, 11) is 0. The maximum atomic E-state index is 11.7. The number of nitrogens with one attached hydrogen (secondary N) is 1. The number of nitrogens with zero attached hydrogens (tertiary/aromatic N) is 1. The molecule has 0 aliphatic rings. The van der Waals surface area contributed by atoms with Crippen LogP contribution in [-0.2, 0) is 11.3 Å². The van der Waals surface area contributed by atoms with Gasteiger partial charge in [0.15, 0.2) is 5.58 Å². The Morgan fingerprint density at radius 1 is 1.30 bits per heavy atom. The highest BCUT2D eigenvalue weighted by Gasteiger charge is 2.02. The SMILES string of the molecule is O=C(/C=C/c1nc2ccccc2o1)NCc1cccs1. The summed E-state index contributed by atoms with van der Waals surface area (Å²) in [5.41, 5.74) is 1.50. The molecule has 0 unspecified atom stereocenters. The topological polar surface area (TPSA) is 55.1 Å². The molecule has 0 atom stereocenters. The molecule has 1 amide bonds. The molecule has 0 saturated heterocycles. The van der Waals surface area contributed by atoms with E-state index in [2.05, 4.69) is 10.3 Å². The average Bonchev–Trinajstić information content (AvgIpc) is 3.11. The van der Waals surface area contributed by atoms with E-state index in [-0.39, 0.29) is 5.91 Å². The lowest BCUT2D eigenvalue weighted by molar-refractivity contribution is -0.116. The maximum absolute atomic E-state index is 11.7. The standard InChI is InChI=1S/C15H12N2O2S/c18-14(16-10-11-4-3-9-20-11)7-8-15-17-12-5-1-2-6-13(12)19-15/h1-9H,10H2,(H,16,18)/b8-7+. The van der Waals surface area contributed by atoms with Crippen LogP contribution in [0.2, 0.25) is 0 Å². The van der Waals surface area contributed by atoms with Gasteiger partial charge in [0.05, 0.1) is 6.54 Å². The van der Waals surface area contributed by atoms with E-state index in [1.807, 2.05) is 41.8 Å². The van der Waals surface area contributed by atoms with Crippen LogP contribution in [0.15, 0.2) is 52.3 Å². The third-order valence-electron chi connectivity index (χ3n) is 2.70. The lowest BCUT2D eigenvalue weighted by atomic mass is 10.3. The number of amides is 1. The van der Waals surface area contributed by atoms with Crippen molar-refractivity contribution < 1.29 is 9.21 Å². The molecule has 0 aliphatic carbocycles. The molecule has 0 bridgehead atoms. The lowest BCUT2D eigenvalue weighted by Gasteiger charge is -1.97. The summed E-state index contributed by atoms with van der Waals surface area (Å²) >= 11 is 1.61. The van der Waals surface area contributed by atoms with Crippen LogP contribution in [0.5, 0.6) is 0 Å². The highest BCUT2D eigenvalue weighted by molar-refractivity contribution is 7.09. The highest BCUT2D eigenvalue weighted by atomic mass is 32.1. The normalized spacial score (nSPS) is 11.2. The zero-order chi connectivity index (χ0) is 13.8. The largest absolute Gasteiger partial charge is 0.437 e. The number of carbonyl (C=O) groups is 1. The van der Waals surface area contributed by atoms with E-state index in [0.29, 0.717) is 18.0 Å². The summed E-state index contributed by atoms with van der Waals surface area (Å²) < 4.78 is 5.49. The molecule has 2 heterocycles. The summed E-state index contributed by atoms with van der Waals surface area (Å²) in [5.74, 6) is 0.262. The van der Waals surface area contributed by atoms with Crippen LogP contribution in [0.3, 0.4) is 0 Å². The Morgan fingerprint density at radius 3 is 3.00 bits per heavy atom. The summed E-state index contributed by atoms with van der Waals surface area (Å²) in [4.78, 5) is 17.0. The summed E-state index contributed by atoms with van der Waals surface area (Å²) in [6.45, 7) is 0.536. The van der Waals surface area contributed by atoms with Gasteiger partial charge in [-0.1, -0.05) is 18.2 Å². The van der Waals surface area contributed by atoms with Crippen molar-refractivity contribution in [1.29, 1.82) is 0 Å². The molecular formula is C15H12N2O2S. The van der Waals surface area contributed by atoms with Crippen LogP contribution in [-0.4, -0.2) is 10.9 Å². The monoisotopic (exact) mass is 284 g/mol. The number of rotatable bonds is 4. The first-order valence-corrected chi connectivity index (χ1v) is 7.03.